The molecule has 0 fully saturated rings. The Morgan fingerprint density at radius 3 is 2.88 bits per heavy atom. The lowest BCUT2D eigenvalue weighted by Gasteiger charge is -1.90. The van der Waals surface area contributed by atoms with Gasteiger partial charge in [0, 0.05) is 13.2 Å². The lowest BCUT2D eigenvalue weighted by molar-refractivity contribution is 0.860. The molecule has 0 radical (unpaired) electrons. The second-order valence-corrected chi connectivity index (χ2v) is 1.98. The standard InChI is InChI=1S/C5H6N2S/c1-7-3-2-5(8)6-4-7/h2-4H,1H3. The fraction of sp³-hybridized carbons (Fsp3) is 0.200. The molecule has 0 aromatic carbocycles. The Morgan fingerprint density at radius 1 is 1.75 bits per heavy atom. The van der Waals surface area contributed by atoms with E-state index in [0.29, 0.717) is 4.64 Å². The molecule has 0 saturated carbocycles. The van der Waals surface area contributed by atoms with Crippen molar-refractivity contribution in [1.82, 2.24) is 9.55 Å². The summed E-state index contributed by atoms with van der Waals surface area (Å²) in [6, 6.07) is 1.79. The van der Waals surface area contributed by atoms with Crippen LogP contribution in [0.1, 0.15) is 0 Å². The highest BCUT2D eigenvalue weighted by atomic mass is 32.1. The Labute approximate surface area is 52.8 Å². The van der Waals surface area contributed by atoms with Crippen molar-refractivity contribution in [2.45, 2.75) is 0 Å². The fourth-order valence-electron chi connectivity index (χ4n) is 0.411. The summed E-state index contributed by atoms with van der Waals surface area (Å²) in [6.45, 7) is 0. The van der Waals surface area contributed by atoms with Gasteiger partial charge in [-0.2, -0.15) is 0 Å². The summed E-state index contributed by atoms with van der Waals surface area (Å²) in [6.07, 6.45) is 3.55. The van der Waals surface area contributed by atoms with E-state index in [-0.39, 0.29) is 0 Å². The minimum atomic E-state index is 0.642. The van der Waals surface area contributed by atoms with E-state index >= 15 is 0 Å². The van der Waals surface area contributed by atoms with E-state index < -0.39 is 0 Å². The van der Waals surface area contributed by atoms with Crippen LogP contribution in [0.15, 0.2) is 18.6 Å². The number of hydrogen-bond donors (Lipinski definition) is 0. The minimum Gasteiger partial charge on any atom is -0.342 e. The molecule has 0 N–H and O–H groups in total. The van der Waals surface area contributed by atoms with Gasteiger partial charge in [-0.25, -0.2) is 4.98 Å². The van der Waals surface area contributed by atoms with E-state index in [1.807, 2.05) is 17.8 Å². The van der Waals surface area contributed by atoms with Crippen molar-refractivity contribution in [1.29, 1.82) is 0 Å². The highest BCUT2D eigenvalue weighted by Gasteiger charge is 1.74. The molecule has 0 amide bonds. The first kappa shape index (κ1) is 5.44. The SMILES string of the molecule is Cn1ccc(=S)nc1. The fourth-order valence-corrected chi connectivity index (χ4v) is 0.519. The van der Waals surface area contributed by atoms with E-state index in [4.69, 9.17) is 12.2 Å². The number of hydrogen-bond acceptors (Lipinski definition) is 2. The summed E-state index contributed by atoms with van der Waals surface area (Å²) >= 11 is 4.75. The predicted octanol–water partition coefficient (Wildman–Crippen LogP) is 1.15. The Balaban J connectivity index is 3.22. The molecule has 8 heavy (non-hydrogen) atoms. The Hall–Kier alpha value is -0.700. The molecule has 3 heteroatoms. The summed E-state index contributed by atoms with van der Waals surface area (Å²) < 4.78 is 2.48. The number of aromatic nitrogens is 2. The van der Waals surface area contributed by atoms with Crippen LogP contribution in [0.4, 0.5) is 0 Å². The second-order valence-electron chi connectivity index (χ2n) is 1.56. The third-order valence-corrected chi connectivity index (χ3v) is 1.06. The van der Waals surface area contributed by atoms with Crippen LogP contribution >= 0.6 is 12.2 Å². The third kappa shape index (κ3) is 1.13. The highest BCUT2D eigenvalue weighted by Crippen LogP contribution is 1.81. The van der Waals surface area contributed by atoms with Crippen LogP contribution in [0.2, 0.25) is 0 Å². The molecule has 42 valence electrons. The van der Waals surface area contributed by atoms with Crippen molar-refractivity contribution in [3.8, 4) is 0 Å². The minimum absolute atomic E-state index is 0.642. The molecule has 2 nitrogen and oxygen atoms in total. The average Bonchev–Trinajstić information content (AvgIpc) is 1.77. The monoisotopic (exact) mass is 126 g/mol. The van der Waals surface area contributed by atoms with Crippen LogP contribution in [0.25, 0.3) is 0 Å². The van der Waals surface area contributed by atoms with Crippen molar-refractivity contribution in [3.05, 3.63) is 23.2 Å². The topological polar surface area (TPSA) is 17.8 Å². The van der Waals surface area contributed by atoms with Gasteiger partial charge in [0.1, 0.15) is 4.64 Å². The summed E-state index contributed by atoms with van der Waals surface area (Å²) in [7, 11) is 1.90. The molecule has 0 aliphatic rings. The van der Waals surface area contributed by atoms with Crippen LogP contribution in [-0.2, 0) is 7.05 Å². The maximum Gasteiger partial charge on any atom is 0.129 e. The molecule has 1 aromatic rings. The average molecular weight is 126 g/mol. The number of rotatable bonds is 0. The van der Waals surface area contributed by atoms with Gasteiger partial charge in [0.25, 0.3) is 0 Å². The molecule has 0 spiro atoms. The first-order valence-electron chi connectivity index (χ1n) is 2.27. The zero-order valence-electron chi connectivity index (χ0n) is 4.53. The lowest BCUT2D eigenvalue weighted by atomic mass is 10.7. The van der Waals surface area contributed by atoms with Crippen LogP contribution in [0.3, 0.4) is 0 Å². The molecule has 0 bridgehead atoms. The quantitative estimate of drug-likeness (QED) is 0.485. The molecule has 0 aliphatic carbocycles. The van der Waals surface area contributed by atoms with Crippen LogP contribution < -0.4 is 0 Å². The number of nitrogens with zero attached hydrogens (tertiary/aromatic N) is 2. The van der Waals surface area contributed by atoms with Gasteiger partial charge >= 0.3 is 0 Å². The smallest absolute Gasteiger partial charge is 0.129 e. The van der Waals surface area contributed by atoms with Crippen LogP contribution in [-0.4, -0.2) is 9.55 Å². The zero-order chi connectivity index (χ0) is 5.98. The summed E-state index contributed by atoms with van der Waals surface area (Å²) in [4.78, 5) is 3.86. The maximum absolute atomic E-state index is 4.75. The lowest BCUT2D eigenvalue weighted by Crippen LogP contribution is -1.88. The van der Waals surface area contributed by atoms with Crippen molar-refractivity contribution in [3.63, 3.8) is 0 Å². The molecule has 0 saturated heterocycles. The van der Waals surface area contributed by atoms with E-state index in [1.54, 1.807) is 12.4 Å². The molecule has 1 heterocycles. The Morgan fingerprint density at radius 2 is 2.50 bits per heavy atom. The Kier molecular flexibility index (Phi) is 1.39. The van der Waals surface area contributed by atoms with Crippen molar-refractivity contribution in [2.24, 2.45) is 7.05 Å². The van der Waals surface area contributed by atoms with Gasteiger partial charge in [-0.05, 0) is 6.07 Å². The largest absolute Gasteiger partial charge is 0.342 e. The molecular formula is C5H6N2S. The van der Waals surface area contributed by atoms with Gasteiger partial charge in [-0.15, -0.1) is 0 Å². The van der Waals surface area contributed by atoms with Crippen molar-refractivity contribution in [2.75, 3.05) is 0 Å². The predicted molar refractivity (Wildman–Crippen MR) is 34.0 cm³/mol. The van der Waals surface area contributed by atoms with Gasteiger partial charge in [0.2, 0.25) is 0 Å². The van der Waals surface area contributed by atoms with Gasteiger partial charge in [0.15, 0.2) is 0 Å². The van der Waals surface area contributed by atoms with E-state index in [9.17, 15) is 0 Å². The second kappa shape index (κ2) is 2.05. The zero-order valence-corrected chi connectivity index (χ0v) is 5.35. The first-order valence-corrected chi connectivity index (χ1v) is 2.68. The van der Waals surface area contributed by atoms with E-state index in [1.165, 1.54) is 0 Å². The van der Waals surface area contributed by atoms with Crippen LogP contribution in [0, 0.1) is 4.64 Å². The molecular weight excluding hydrogens is 120 g/mol. The molecule has 1 rings (SSSR count). The summed E-state index contributed by atoms with van der Waals surface area (Å²) in [5, 5.41) is 0. The van der Waals surface area contributed by atoms with Gasteiger partial charge in [0.05, 0.1) is 6.33 Å². The van der Waals surface area contributed by atoms with Gasteiger partial charge in [-0.1, -0.05) is 12.2 Å². The summed E-state index contributed by atoms with van der Waals surface area (Å²) in [5.41, 5.74) is 0. The Bertz CT molecular complexity index is 208. The summed E-state index contributed by atoms with van der Waals surface area (Å²) in [5.74, 6) is 0. The highest BCUT2D eigenvalue weighted by molar-refractivity contribution is 7.71. The van der Waals surface area contributed by atoms with Gasteiger partial charge < -0.3 is 4.57 Å². The van der Waals surface area contributed by atoms with Crippen molar-refractivity contribution >= 4 is 12.2 Å². The van der Waals surface area contributed by atoms with E-state index in [2.05, 4.69) is 4.98 Å². The normalized spacial score (nSPS) is 9.12. The molecule has 0 aliphatic heterocycles. The molecule has 0 unspecified atom stereocenters. The van der Waals surface area contributed by atoms with Crippen molar-refractivity contribution < 1.29 is 0 Å². The number of aryl methyl sites for hydroxylation is 1. The van der Waals surface area contributed by atoms with Crippen LogP contribution in [0.5, 0.6) is 0 Å². The molecule has 1 aromatic heterocycles. The van der Waals surface area contributed by atoms with E-state index in [0.717, 1.165) is 0 Å². The first-order chi connectivity index (χ1) is 3.79. The maximum atomic E-state index is 4.75. The molecule has 0 atom stereocenters. The van der Waals surface area contributed by atoms with Gasteiger partial charge in [-0.3, -0.25) is 0 Å². The third-order valence-electron chi connectivity index (χ3n) is 0.819.